The van der Waals surface area contributed by atoms with Gasteiger partial charge in [0.2, 0.25) is 17.7 Å². The van der Waals surface area contributed by atoms with E-state index in [1.807, 2.05) is 12.1 Å². The third-order valence-electron chi connectivity index (χ3n) is 6.54. The van der Waals surface area contributed by atoms with Crippen molar-refractivity contribution in [2.45, 2.75) is 64.7 Å². The Bertz CT molecular complexity index is 793. The van der Waals surface area contributed by atoms with Gasteiger partial charge in [-0.1, -0.05) is 18.9 Å². The molecule has 168 valence electrons. The van der Waals surface area contributed by atoms with Crippen LogP contribution in [0.25, 0.3) is 0 Å². The van der Waals surface area contributed by atoms with Gasteiger partial charge in [0.25, 0.3) is 0 Å². The van der Waals surface area contributed by atoms with Crippen molar-refractivity contribution < 1.29 is 19.1 Å². The Kier molecular flexibility index (Phi) is 6.55. The highest BCUT2D eigenvalue weighted by Crippen LogP contribution is 2.37. The smallest absolute Gasteiger partial charge is 0.233 e. The van der Waals surface area contributed by atoms with Crippen LogP contribution in [0.15, 0.2) is 18.3 Å². The highest BCUT2D eigenvalue weighted by atomic mass is 16.5. The number of ether oxygens (including phenoxy) is 1. The number of carbonyl (C=O) groups excluding carboxylic acids is 3. The van der Waals surface area contributed by atoms with E-state index in [4.69, 9.17) is 4.74 Å². The quantitative estimate of drug-likeness (QED) is 0.696. The number of amides is 3. The Hall–Kier alpha value is -2.48. The highest BCUT2D eigenvalue weighted by Gasteiger charge is 2.47. The average Bonchev–Trinajstić information content (AvgIpc) is 3.00. The number of carbonyl (C=O) groups is 3. The van der Waals surface area contributed by atoms with Crippen LogP contribution in [0, 0.1) is 11.8 Å². The molecule has 0 spiro atoms. The van der Waals surface area contributed by atoms with Gasteiger partial charge >= 0.3 is 0 Å². The lowest BCUT2D eigenvalue weighted by molar-refractivity contribution is -0.140. The number of hydrogen-bond donors (Lipinski definition) is 1. The van der Waals surface area contributed by atoms with Crippen LogP contribution in [-0.2, 0) is 25.7 Å². The molecule has 0 bridgehead atoms. The van der Waals surface area contributed by atoms with Crippen molar-refractivity contribution >= 4 is 23.5 Å². The molecule has 2 aliphatic heterocycles. The van der Waals surface area contributed by atoms with Gasteiger partial charge in [-0.2, -0.15) is 0 Å². The van der Waals surface area contributed by atoms with Crippen molar-refractivity contribution in [1.29, 1.82) is 0 Å². The molecule has 3 heterocycles. The zero-order chi connectivity index (χ0) is 22.0. The van der Waals surface area contributed by atoms with Crippen molar-refractivity contribution in [1.82, 2.24) is 15.2 Å². The van der Waals surface area contributed by atoms with E-state index in [-0.39, 0.29) is 54.7 Å². The van der Waals surface area contributed by atoms with E-state index in [9.17, 15) is 14.4 Å². The van der Waals surface area contributed by atoms with Gasteiger partial charge in [0.15, 0.2) is 0 Å². The second-order valence-electron chi connectivity index (χ2n) is 9.04. The van der Waals surface area contributed by atoms with Gasteiger partial charge in [0.05, 0.1) is 24.0 Å². The lowest BCUT2D eigenvalue weighted by atomic mass is 9.81. The lowest BCUT2D eigenvalue weighted by Crippen LogP contribution is -2.45. The molecule has 2 saturated heterocycles. The minimum Gasteiger partial charge on any atom is -0.372 e. The summed E-state index contributed by atoms with van der Waals surface area (Å²) in [6.07, 6.45) is 5.85. The molecular formula is C23H32N4O4. The fourth-order valence-corrected chi connectivity index (χ4v) is 5.03. The minimum absolute atomic E-state index is 0.0889. The van der Waals surface area contributed by atoms with E-state index in [1.54, 1.807) is 6.20 Å². The number of rotatable bonds is 6. The zero-order valence-corrected chi connectivity index (χ0v) is 18.4. The number of fused-ring (bicyclic) bond motifs is 1. The van der Waals surface area contributed by atoms with E-state index >= 15 is 0 Å². The first-order valence-corrected chi connectivity index (χ1v) is 11.4. The Morgan fingerprint density at radius 1 is 1.10 bits per heavy atom. The topological polar surface area (TPSA) is 91.8 Å². The standard InChI is InChI=1S/C23H32N4O4/c1-15-13-26(14-16(2)31-15)20-8-7-17(11-24-20)12-25-21(28)9-10-27-22(29)18-5-3-4-6-19(18)23(27)30/h7-8,11,15-16,18-19H,3-6,9-10,12-14H2,1-2H3,(H,25,28). The molecule has 0 aromatic carbocycles. The molecule has 1 aromatic rings. The first-order valence-electron chi connectivity index (χ1n) is 11.4. The van der Waals surface area contributed by atoms with E-state index < -0.39 is 0 Å². The number of nitrogens with one attached hydrogen (secondary N) is 1. The first kappa shape index (κ1) is 21.7. The normalized spacial score (nSPS) is 28.6. The molecule has 3 amide bonds. The van der Waals surface area contributed by atoms with Gasteiger partial charge in [-0.3, -0.25) is 19.3 Å². The maximum Gasteiger partial charge on any atom is 0.233 e. The number of imide groups is 1. The number of hydrogen-bond acceptors (Lipinski definition) is 6. The molecule has 1 aromatic heterocycles. The van der Waals surface area contributed by atoms with Crippen molar-refractivity contribution in [3.05, 3.63) is 23.9 Å². The predicted octanol–water partition coefficient (Wildman–Crippen LogP) is 1.88. The highest BCUT2D eigenvalue weighted by molar-refractivity contribution is 6.05. The van der Waals surface area contributed by atoms with Crippen LogP contribution in [0.2, 0.25) is 0 Å². The van der Waals surface area contributed by atoms with E-state index in [1.165, 1.54) is 4.90 Å². The van der Waals surface area contributed by atoms with Gasteiger partial charge in [0.1, 0.15) is 5.82 Å². The fourth-order valence-electron chi connectivity index (χ4n) is 5.03. The van der Waals surface area contributed by atoms with Crippen LogP contribution in [-0.4, -0.2) is 59.4 Å². The van der Waals surface area contributed by atoms with Gasteiger partial charge in [-0.15, -0.1) is 0 Å². The molecule has 4 atom stereocenters. The molecule has 1 saturated carbocycles. The molecule has 8 nitrogen and oxygen atoms in total. The fraction of sp³-hybridized carbons (Fsp3) is 0.652. The van der Waals surface area contributed by atoms with E-state index in [2.05, 4.69) is 29.0 Å². The van der Waals surface area contributed by atoms with Crippen LogP contribution in [0.3, 0.4) is 0 Å². The van der Waals surface area contributed by atoms with E-state index in [0.717, 1.165) is 50.2 Å². The van der Waals surface area contributed by atoms with Crippen molar-refractivity contribution in [2.75, 3.05) is 24.5 Å². The number of nitrogens with zero attached hydrogens (tertiary/aromatic N) is 3. The summed E-state index contributed by atoms with van der Waals surface area (Å²) >= 11 is 0. The third kappa shape index (κ3) is 4.89. The molecule has 0 radical (unpaired) electrons. The second-order valence-corrected chi connectivity index (χ2v) is 9.04. The number of pyridine rings is 1. The summed E-state index contributed by atoms with van der Waals surface area (Å²) in [6.45, 7) is 6.27. The van der Waals surface area contributed by atoms with Crippen LogP contribution in [0.4, 0.5) is 5.82 Å². The van der Waals surface area contributed by atoms with Crippen molar-refractivity contribution in [3.8, 4) is 0 Å². The molecular weight excluding hydrogens is 396 g/mol. The second kappa shape index (κ2) is 9.34. The number of aromatic nitrogens is 1. The maximum absolute atomic E-state index is 12.5. The summed E-state index contributed by atoms with van der Waals surface area (Å²) in [5, 5.41) is 2.87. The summed E-state index contributed by atoms with van der Waals surface area (Å²) in [7, 11) is 0. The summed E-state index contributed by atoms with van der Waals surface area (Å²) in [5.41, 5.74) is 0.908. The number of anilines is 1. The molecule has 4 rings (SSSR count). The van der Waals surface area contributed by atoms with Gasteiger partial charge in [-0.05, 0) is 38.3 Å². The van der Waals surface area contributed by atoms with Crippen LogP contribution in [0.1, 0.15) is 51.5 Å². The molecule has 31 heavy (non-hydrogen) atoms. The number of likely N-dealkylation sites (tertiary alicyclic amines) is 1. The molecule has 4 unspecified atom stereocenters. The third-order valence-corrected chi connectivity index (χ3v) is 6.54. The summed E-state index contributed by atoms with van der Waals surface area (Å²) < 4.78 is 5.76. The Balaban J connectivity index is 1.24. The zero-order valence-electron chi connectivity index (χ0n) is 18.4. The van der Waals surface area contributed by atoms with Gasteiger partial charge in [-0.25, -0.2) is 4.98 Å². The average molecular weight is 429 g/mol. The Morgan fingerprint density at radius 2 is 1.74 bits per heavy atom. The molecule has 1 N–H and O–H groups in total. The van der Waals surface area contributed by atoms with Crippen LogP contribution < -0.4 is 10.2 Å². The molecule has 3 aliphatic rings. The molecule has 3 fully saturated rings. The van der Waals surface area contributed by atoms with E-state index in [0.29, 0.717) is 6.54 Å². The van der Waals surface area contributed by atoms with Gasteiger partial charge < -0.3 is 15.0 Å². The first-order chi connectivity index (χ1) is 14.9. The Morgan fingerprint density at radius 3 is 2.32 bits per heavy atom. The monoisotopic (exact) mass is 428 g/mol. The summed E-state index contributed by atoms with van der Waals surface area (Å²) in [6, 6.07) is 3.93. The summed E-state index contributed by atoms with van der Waals surface area (Å²) in [4.78, 5) is 45.3. The van der Waals surface area contributed by atoms with Crippen molar-refractivity contribution in [3.63, 3.8) is 0 Å². The molecule has 8 heteroatoms. The number of morpholine rings is 1. The predicted molar refractivity (Wildman–Crippen MR) is 115 cm³/mol. The SMILES string of the molecule is CC1CN(c2ccc(CNC(=O)CCN3C(=O)C4CCCCC4C3=O)cn2)CC(C)O1. The Labute approximate surface area is 183 Å². The van der Waals surface area contributed by atoms with Crippen molar-refractivity contribution in [2.24, 2.45) is 11.8 Å². The molecule has 1 aliphatic carbocycles. The maximum atomic E-state index is 12.5. The minimum atomic E-state index is -0.171. The van der Waals surface area contributed by atoms with Gasteiger partial charge in [0, 0.05) is 38.8 Å². The largest absolute Gasteiger partial charge is 0.372 e. The van der Waals surface area contributed by atoms with Crippen LogP contribution in [0.5, 0.6) is 0 Å². The summed E-state index contributed by atoms with van der Waals surface area (Å²) in [5.74, 6) is 0.237. The van der Waals surface area contributed by atoms with Crippen LogP contribution >= 0.6 is 0 Å². The lowest BCUT2D eigenvalue weighted by Gasteiger charge is -2.36.